The van der Waals surface area contributed by atoms with Gasteiger partial charge in [0.25, 0.3) is 5.91 Å². The van der Waals surface area contributed by atoms with Gasteiger partial charge >= 0.3 is 0 Å². The zero-order valence-electron chi connectivity index (χ0n) is 16.7. The van der Waals surface area contributed by atoms with Crippen molar-refractivity contribution >= 4 is 29.9 Å². The summed E-state index contributed by atoms with van der Waals surface area (Å²) in [4.78, 5) is 27.5. The molecule has 1 aromatic carbocycles. The number of nitrogens with one attached hydrogen (secondary N) is 2. The summed E-state index contributed by atoms with van der Waals surface area (Å²) in [6.07, 6.45) is 7.34. The van der Waals surface area contributed by atoms with Crippen LogP contribution in [0.5, 0.6) is 0 Å². The van der Waals surface area contributed by atoms with Gasteiger partial charge in [-0.3, -0.25) is 9.59 Å². The maximum Gasteiger partial charge on any atom is 0.255 e. The summed E-state index contributed by atoms with van der Waals surface area (Å²) < 4.78 is 0. The molecule has 2 bridgehead atoms. The number of rotatable bonds is 4. The van der Waals surface area contributed by atoms with Crippen molar-refractivity contribution in [1.82, 2.24) is 10.2 Å². The largest absolute Gasteiger partial charge is 0.339 e. The molecule has 5 nitrogen and oxygen atoms in total. The van der Waals surface area contributed by atoms with Crippen molar-refractivity contribution < 1.29 is 9.59 Å². The second-order valence-corrected chi connectivity index (χ2v) is 8.75. The second-order valence-electron chi connectivity index (χ2n) is 8.75. The number of amides is 2. The van der Waals surface area contributed by atoms with Gasteiger partial charge < -0.3 is 15.5 Å². The number of halogens is 1. The Hall–Kier alpha value is -1.59. The number of para-hydroxylation sites is 1. The number of fused-ring (bicyclic) bond motifs is 2. The topological polar surface area (TPSA) is 61.4 Å². The highest BCUT2D eigenvalue weighted by atomic mass is 35.5. The fourth-order valence-corrected chi connectivity index (χ4v) is 4.97. The van der Waals surface area contributed by atoms with Crippen LogP contribution in [0.1, 0.15) is 62.2 Å². The molecule has 28 heavy (non-hydrogen) atoms. The summed E-state index contributed by atoms with van der Waals surface area (Å²) in [5, 5.41) is 6.65. The first-order valence-electron chi connectivity index (χ1n) is 10.5. The Kier molecular flexibility index (Phi) is 7.00. The standard InChI is InChI=1S/C22H31N3O2.ClH/c1-15-8-10-25(11-9-15)22(27)19-4-2-3-5-20(19)24-21(26)14-16-12-17-6-7-18(13-16)23-17;/h2-5,15-18,23H,6-14H2,1H3,(H,24,26);1H. The van der Waals surface area contributed by atoms with Gasteiger partial charge in [-0.1, -0.05) is 19.1 Å². The summed E-state index contributed by atoms with van der Waals surface area (Å²) >= 11 is 0. The molecule has 1 aromatic rings. The lowest BCUT2D eigenvalue weighted by atomic mass is 9.89. The van der Waals surface area contributed by atoms with Gasteiger partial charge in [0.2, 0.25) is 5.91 Å². The quantitative estimate of drug-likeness (QED) is 0.800. The van der Waals surface area contributed by atoms with Crippen LogP contribution in [0.3, 0.4) is 0 Å². The van der Waals surface area contributed by atoms with E-state index in [1.54, 1.807) is 0 Å². The lowest BCUT2D eigenvalue weighted by Gasteiger charge is -2.31. The molecule has 6 heteroatoms. The molecule has 3 aliphatic heterocycles. The minimum atomic E-state index is 0. The molecule has 2 amide bonds. The van der Waals surface area contributed by atoms with Crippen molar-refractivity contribution in [2.45, 2.75) is 64.0 Å². The van der Waals surface area contributed by atoms with Crippen LogP contribution in [0.4, 0.5) is 5.69 Å². The van der Waals surface area contributed by atoms with Gasteiger partial charge in [-0.15, -0.1) is 12.4 Å². The number of anilines is 1. The molecule has 0 radical (unpaired) electrons. The molecule has 0 aliphatic carbocycles. The van der Waals surface area contributed by atoms with Gasteiger partial charge in [-0.2, -0.15) is 0 Å². The summed E-state index contributed by atoms with van der Waals surface area (Å²) in [5.74, 6) is 1.21. The maximum atomic E-state index is 13.0. The Morgan fingerprint density at radius 2 is 1.71 bits per heavy atom. The lowest BCUT2D eigenvalue weighted by molar-refractivity contribution is -0.117. The average Bonchev–Trinajstić information content (AvgIpc) is 3.00. The van der Waals surface area contributed by atoms with Gasteiger partial charge in [-0.25, -0.2) is 0 Å². The summed E-state index contributed by atoms with van der Waals surface area (Å²) in [6, 6.07) is 8.63. The normalized spacial score (nSPS) is 27.2. The number of hydrogen-bond acceptors (Lipinski definition) is 3. The van der Waals surface area contributed by atoms with Gasteiger partial charge in [0.15, 0.2) is 0 Å². The number of hydrogen-bond donors (Lipinski definition) is 2. The van der Waals surface area contributed by atoms with Crippen LogP contribution in [0, 0.1) is 11.8 Å². The fraction of sp³-hybridized carbons (Fsp3) is 0.636. The Morgan fingerprint density at radius 3 is 2.39 bits per heavy atom. The Morgan fingerprint density at radius 1 is 1.07 bits per heavy atom. The molecular weight excluding hydrogens is 374 g/mol. The van der Waals surface area contributed by atoms with Crippen LogP contribution in [0.25, 0.3) is 0 Å². The van der Waals surface area contributed by atoms with E-state index in [-0.39, 0.29) is 24.2 Å². The summed E-state index contributed by atoms with van der Waals surface area (Å²) in [7, 11) is 0. The van der Waals surface area contributed by atoms with Crippen LogP contribution >= 0.6 is 12.4 Å². The molecule has 3 fully saturated rings. The first-order valence-corrected chi connectivity index (χ1v) is 10.5. The Labute approximate surface area is 174 Å². The highest BCUT2D eigenvalue weighted by Crippen LogP contribution is 2.33. The monoisotopic (exact) mass is 405 g/mol. The highest BCUT2D eigenvalue weighted by Gasteiger charge is 2.34. The van der Waals surface area contributed by atoms with E-state index in [0.717, 1.165) is 38.8 Å². The van der Waals surface area contributed by atoms with E-state index in [1.165, 1.54) is 12.8 Å². The highest BCUT2D eigenvalue weighted by molar-refractivity contribution is 6.03. The van der Waals surface area contributed by atoms with Gasteiger partial charge in [-0.05, 0) is 62.5 Å². The van der Waals surface area contributed by atoms with Crippen LogP contribution in [-0.2, 0) is 4.79 Å². The summed E-state index contributed by atoms with van der Waals surface area (Å²) in [5.41, 5.74) is 1.27. The Balaban J connectivity index is 0.00000225. The first kappa shape index (κ1) is 21.1. The van der Waals surface area contributed by atoms with E-state index in [9.17, 15) is 9.59 Å². The minimum absolute atomic E-state index is 0. The molecule has 0 aromatic heterocycles. The van der Waals surface area contributed by atoms with E-state index >= 15 is 0 Å². The molecule has 2 N–H and O–H groups in total. The summed E-state index contributed by atoms with van der Waals surface area (Å²) in [6.45, 7) is 3.85. The van der Waals surface area contributed by atoms with Crippen molar-refractivity contribution in [2.24, 2.45) is 11.8 Å². The second kappa shape index (κ2) is 9.27. The van der Waals surface area contributed by atoms with E-state index in [4.69, 9.17) is 0 Å². The van der Waals surface area contributed by atoms with Crippen molar-refractivity contribution in [2.75, 3.05) is 18.4 Å². The predicted octanol–water partition coefficient (Wildman–Crippen LogP) is 3.84. The average molecular weight is 406 g/mol. The number of benzene rings is 1. The third kappa shape index (κ3) is 4.87. The number of piperidine rings is 2. The SMILES string of the molecule is CC1CCN(C(=O)c2ccccc2NC(=O)CC2CC3CCC(C2)N3)CC1.Cl. The number of likely N-dealkylation sites (tertiary alicyclic amines) is 1. The maximum absolute atomic E-state index is 13.0. The van der Waals surface area contributed by atoms with Gasteiger partial charge in [0.05, 0.1) is 11.3 Å². The molecule has 2 atom stereocenters. The lowest BCUT2D eigenvalue weighted by Crippen LogP contribution is -2.39. The first-order chi connectivity index (χ1) is 13.1. The number of nitrogens with zero attached hydrogens (tertiary/aromatic N) is 1. The molecule has 3 saturated heterocycles. The third-order valence-corrected chi connectivity index (χ3v) is 6.55. The number of carbonyl (C=O) groups is 2. The molecule has 0 saturated carbocycles. The molecule has 2 unspecified atom stereocenters. The van der Waals surface area contributed by atoms with E-state index in [0.29, 0.717) is 41.6 Å². The number of carbonyl (C=O) groups excluding carboxylic acids is 2. The van der Waals surface area contributed by atoms with Crippen molar-refractivity contribution in [3.8, 4) is 0 Å². The van der Waals surface area contributed by atoms with Crippen molar-refractivity contribution in [3.63, 3.8) is 0 Å². The molecule has 0 spiro atoms. The zero-order valence-corrected chi connectivity index (χ0v) is 17.5. The van der Waals surface area contributed by atoms with Gasteiger partial charge in [0.1, 0.15) is 0 Å². The fourth-order valence-electron chi connectivity index (χ4n) is 4.97. The van der Waals surface area contributed by atoms with Gasteiger partial charge in [0, 0.05) is 31.6 Å². The zero-order chi connectivity index (χ0) is 18.8. The smallest absolute Gasteiger partial charge is 0.255 e. The van der Waals surface area contributed by atoms with E-state index < -0.39 is 0 Å². The minimum Gasteiger partial charge on any atom is -0.339 e. The molecule has 3 aliphatic rings. The van der Waals surface area contributed by atoms with E-state index in [1.807, 2.05) is 29.2 Å². The van der Waals surface area contributed by atoms with Crippen molar-refractivity contribution in [1.29, 1.82) is 0 Å². The molecular formula is C22H32ClN3O2. The van der Waals surface area contributed by atoms with Crippen molar-refractivity contribution in [3.05, 3.63) is 29.8 Å². The van der Waals surface area contributed by atoms with Crippen LogP contribution in [0.2, 0.25) is 0 Å². The molecule has 154 valence electrons. The molecule has 3 heterocycles. The molecule has 4 rings (SSSR count). The Bertz CT molecular complexity index is 691. The van der Waals surface area contributed by atoms with Crippen LogP contribution < -0.4 is 10.6 Å². The van der Waals surface area contributed by atoms with Crippen LogP contribution in [-0.4, -0.2) is 41.9 Å². The predicted molar refractivity (Wildman–Crippen MR) is 114 cm³/mol. The third-order valence-electron chi connectivity index (χ3n) is 6.55. The van der Waals surface area contributed by atoms with E-state index in [2.05, 4.69) is 17.6 Å². The van der Waals surface area contributed by atoms with Crippen LogP contribution in [0.15, 0.2) is 24.3 Å².